The third-order valence-electron chi connectivity index (χ3n) is 4.74. The summed E-state index contributed by atoms with van der Waals surface area (Å²) in [6.07, 6.45) is 8.06. The maximum absolute atomic E-state index is 5.71. The van der Waals surface area contributed by atoms with Crippen LogP contribution in [0.15, 0.2) is 22.8 Å². The molecule has 0 N–H and O–H groups in total. The van der Waals surface area contributed by atoms with E-state index in [0.717, 1.165) is 12.8 Å². The molecule has 1 aromatic heterocycles. The molecule has 0 bridgehead atoms. The van der Waals surface area contributed by atoms with Crippen LogP contribution < -0.4 is 0 Å². The highest BCUT2D eigenvalue weighted by atomic mass is 16.3. The van der Waals surface area contributed by atoms with Crippen molar-refractivity contribution in [3.8, 4) is 0 Å². The fraction of sp³-hybridized carbons (Fsp3) is 0.600. The lowest BCUT2D eigenvalue weighted by molar-refractivity contribution is 0.138. The lowest BCUT2D eigenvalue weighted by atomic mass is 9.59. The third kappa shape index (κ3) is 1.30. The SMILES string of the molecule is C=C1CCCC2(C)Cc3occ(C)c3CC12. The van der Waals surface area contributed by atoms with E-state index in [-0.39, 0.29) is 0 Å². The van der Waals surface area contributed by atoms with Gasteiger partial charge in [0.15, 0.2) is 0 Å². The molecule has 3 rings (SSSR count). The van der Waals surface area contributed by atoms with Gasteiger partial charge in [-0.05, 0) is 55.1 Å². The second kappa shape index (κ2) is 3.26. The van der Waals surface area contributed by atoms with E-state index in [1.54, 1.807) is 0 Å². The second-order valence-electron chi connectivity index (χ2n) is 5.92. The van der Waals surface area contributed by atoms with Gasteiger partial charge in [0.2, 0.25) is 0 Å². The highest BCUT2D eigenvalue weighted by molar-refractivity contribution is 5.34. The average Bonchev–Trinajstić information content (AvgIpc) is 2.57. The van der Waals surface area contributed by atoms with Crippen molar-refractivity contribution in [1.82, 2.24) is 0 Å². The van der Waals surface area contributed by atoms with E-state index in [1.165, 1.54) is 41.7 Å². The lowest BCUT2D eigenvalue weighted by Gasteiger charge is -2.45. The molecular weight excluding hydrogens is 196 g/mol. The Morgan fingerprint density at radius 3 is 3.12 bits per heavy atom. The number of aryl methyl sites for hydroxylation is 1. The van der Waals surface area contributed by atoms with E-state index < -0.39 is 0 Å². The van der Waals surface area contributed by atoms with Crippen LogP contribution in [0.4, 0.5) is 0 Å². The Balaban J connectivity index is 2.04. The van der Waals surface area contributed by atoms with Crippen LogP contribution in [0.25, 0.3) is 0 Å². The van der Waals surface area contributed by atoms with Crippen molar-refractivity contribution in [2.24, 2.45) is 11.3 Å². The van der Waals surface area contributed by atoms with Gasteiger partial charge in [0.25, 0.3) is 0 Å². The Kier molecular flexibility index (Phi) is 2.07. The van der Waals surface area contributed by atoms with Crippen molar-refractivity contribution in [2.45, 2.75) is 46.0 Å². The molecule has 2 aliphatic rings. The maximum Gasteiger partial charge on any atom is 0.107 e. The number of rotatable bonds is 0. The Morgan fingerprint density at radius 2 is 2.31 bits per heavy atom. The van der Waals surface area contributed by atoms with Crippen LogP contribution in [0.5, 0.6) is 0 Å². The van der Waals surface area contributed by atoms with Crippen molar-refractivity contribution in [2.75, 3.05) is 0 Å². The summed E-state index contributed by atoms with van der Waals surface area (Å²) in [6.45, 7) is 8.88. The van der Waals surface area contributed by atoms with Crippen LogP contribution in [0.3, 0.4) is 0 Å². The summed E-state index contributed by atoms with van der Waals surface area (Å²) in [5.74, 6) is 1.93. The molecule has 0 aliphatic heterocycles. The van der Waals surface area contributed by atoms with Crippen molar-refractivity contribution in [3.05, 3.63) is 35.3 Å². The van der Waals surface area contributed by atoms with E-state index in [9.17, 15) is 0 Å². The highest BCUT2D eigenvalue weighted by Gasteiger charge is 2.43. The topological polar surface area (TPSA) is 13.1 Å². The normalized spacial score (nSPS) is 33.4. The van der Waals surface area contributed by atoms with Gasteiger partial charge in [-0.2, -0.15) is 0 Å². The first kappa shape index (κ1) is 10.2. The Bertz CT molecular complexity index is 440. The van der Waals surface area contributed by atoms with Crippen LogP contribution in [0, 0.1) is 18.3 Å². The van der Waals surface area contributed by atoms with Crippen LogP contribution in [0.1, 0.15) is 43.1 Å². The zero-order valence-corrected chi connectivity index (χ0v) is 10.3. The quantitative estimate of drug-likeness (QED) is 0.596. The summed E-state index contributed by atoms with van der Waals surface area (Å²) in [5.41, 5.74) is 4.67. The van der Waals surface area contributed by atoms with Crippen LogP contribution >= 0.6 is 0 Å². The van der Waals surface area contributed by atoms with E-state index in [1.807, 2.05) is 6.26 Å². The maximum atomic E-state index is 5.71. The second-order valence-corrected chi connectivity index (χ2v) is 5.92. The minimum atomic E-state index is 0.409. The van der Waals surface area contributed by atoms with Crippen LogP contribution in [-0.4, -0.2) is 0 Å². The predicted molar refractivity (Wildman–Crippen MR) is 65.4 cm³/mol. The molecular formula is C15H20O. The molecule has 2 aliphatic carbocycles. The molecule has 0 spiro atoms. The van der Waals surface area contributed by atoms with Crippen molar-refractivity contribution >= 4 is 0 Å². The molecule has 16 heavy (non-hydrogen) atoms. The van der Waals surface area contributed by atoms with Crippen molar-refractivity contribution < 1.29 is 4.42 Å². The fourth-order valence-corrected chi connectivity index (χ4v) is 3.68. The van der Waals surface area contributed by atoms with Gasteiger partial charge in [0.1, 0.15) is 5.76 Å². The zero-order valence-electron chi connectivity index (χ0n) is 10.3. The molecule has 1 saturated carbocycles. The number of allylic oxidation sites excluding steroid dienone is 1. The zero-order chi connectivity index (χ0) is 11.3. The molecule has 0 amide bonds. The van der Waals surface area contributed by atoms with E-state index in [2.05, 4.69) is 20.4 Å². The first-order valence-corrected chi connectivity index (χ1v) is 6.34. The summed E-state index contributed by atoms with van der Waals surface area (Å²) >= 11 is 0. The first-order chi connectivity index (χ1) is 7.60. The van der Waals surface area contributed by atoms with E-state index in [0.29, 0.717) is 11.3 Å². The molecule has 0 aromatic carbocycles. The first-order valence-electron chi connectivity index (χ1n) is 6.34. The smallest absolute Gasteiger partial charge is 0.107 e. The molecule has 86 valence electrons. The minimum Gasteiger partial charge on any atom is -0.469 e. The molecule has 1 fully saturated rings. The highest BCUT2D eigenvalue weighted by Crippen LogP contribution is 2.51. The molecule has 1 heterocycles. The molecule has 0 radical (unpaired) electrons. The van der Waals surface area contributed by atoms with Crippen LogP contribution in [0.2, 0.25) is 0 Å². The lowest BCUT2D eigenvalue weighted by Crippen LogP contribution is -2.38. The minimum absolute atomic E-state index is 0.409. The monoisotopic (exact) mass is 216 g/mol. The predicted octanol–water partition coefficient (Wildman–Crippen LogP) is 4.05. The molecule has 2 unspecified atom stereocenters. The van der Waals surface area contributed by atoms with Gasteiger partial charge in [-0.15, -0.1) is 0 Å². The summed E-state index contributed by atoms with van der Waals surface area (Å²) in [4.78, 5) is 0. The third-order valence-corrected chi connectivity index (χ3v) is 4.74. The van der Waals surface area contributed by atoms with E-state index in [4.69, 9.17) is 4.42 Å². The summed E-state index contributed by atoms with van der Waals surface area (Å²) in [6, 6.07) is 0. The molecule has 0 saturated heterocycles. The Labute approximate surface area is 97.5 Å². The standard InChI is InChI=1S/C15H20O/c1-10-5-4-6-15(3)8-14-12(7-13(10)15)11(2)9-16-14/h9,13H,1,4-8H2,2-3H3. The van der Waals surface area contributed by atoms with Gasteiger partial charge >= 0.3 is 0 Å². The van der Waals surface area contributed by atoms with Gasteiger partial charge < -0.3 is 4.42 Å². The molecule has 1 aromatic rings. The largest absolute Gasteiger partial charge is 0.469 e. The number of hydrogen-bond donors (Lipinski definition) is 0. The van der Waals surface area contributed by atoms with Gasteiger partial charge in [-0.1, -0.05) is 19.1 Å². The van der Waals surface area contributed by atoms with E-state index >= 15 is 0 Å². The van der Waals surface area contributed by atoms with Gasteiger partial charge in [0, 0.05) is 6.42 Å². The molecule has 1 heteroatoms. The van der Waals surface area contributed by atoms with Gasteiger partial charge in [0.05, 0.1) is 6.26 Å². The average molecular weight is 216 g/mol. The summed E-state index contributed by atoms with van der Waals surface area (Å²) < 4.78 is 5.71. The summed E-state index contributed by atoms with van der Waals surface area (Å²) in [7, 11) is 0. The van der Waals surface area contributed by atoms with Crippen molar-refractivity contribution in [3.63, 3.8) is 0 Å². The molecule has 2 atom stereocenters. The fourth-order valence-electron chi connectivity index (χ4n) is 3.68. The van der Waals surface area contributed by atoms with Crippen LogP contribution in [-0.2, 0) is 12.8 Å². The molecule has 1 nitrogen and oxygen atoms in total. The Morgan fingerprint density at radius 1 is 1.50 bits per heavy atom. The number of furan rings is 1. The Hall–Kier alpha value is -0.980. The summed E-state index contributed by atoms with van der Waals surface area (Å²) in [5, 5.41) is 0. The van der Waals surface area contributed by atoms with Crippen molar-refractivity contribution in [1.29, 1.82) is 0 Å². The van der Waals surface area contributed by atoms with Gasteiger partial charge in [-0.25, -0.2) is 0 Å². The number of fused-ring (bicyclic) bond motifs is 2. The number of hydrogen-bond acceptors (Lipinski definition) is 1. The van der Waals surface area contributed by atoms with Gasteiger partial charge in [-0.3, -0.25) is 0 Å².